The Kier molecular flexibility index (Phi) is 8.11. The van der Waals surface area contributed by atoms with Crippen molar-refractivity contribution >= 4 is 35.8 Å². The summed E-state index contributed by atoms with van der Waals surface area (Å²) in [5.41, 5.74) is 5.52. The zero-order chi connectivity index (χ0) is 13.6. The summed E-state index contributed by atoms with van der Waals surface area (Å²) in [6, 6.07) is 0.256. The fourth-order valence-electron chi connectivity index (χ4n) is 1.74. The first-order valence-electron chi connectivity index (χ1n) is 5.77. The minimum atomic E-state index is -4.41. The minimum Gasteiger partial charge on any atom is -0.370 e. The summed E-state index contributed by atoms with van der Waals surface area (Å²) in [7, 11) is 0. The first-order valence-corrected chi connectivity index (χ1v) is 5.77. The molecule has 0 aromatic heterocycles. The van der Waals surface area contributed by atoms with Crippen molar-refractivity contribution in [2.45, 2.75) is 37.9 Å². The van der Waals surface area contributed by atoms with Crippen molar-refractivity contribution in [3.63, 3.8) is 0 Å². The molecule has 0 radical (unpaired) electrons. The van der Waals surface area contributed by atoms with Gasteiger partial charge in [0.25, 0.3) is 0 Å². The summed E-state index contributed by atoms with van der Waals surface area (Å²) in [5, 5.41) is 4.65. The third kappa shape index (κ3) is 8.89. The number of alkyl halides is 3. The van der Waals surface area contributed by atoms with Crippen LogP contribution in [0.1, 0.15) is 25.7 Å². The van der Waals surface area contributed by atoms with E-state index < -0.39 is 25.2 Å². The highest BCUT2D eigenvalue weighted by molar-refractivity contribution is 14.0. The van der Waals surface area contributed by atoms with Gasteiger partial charge in [-0.25, -0.2) is 4.99 Å². The summed E-state index contributed by atoms with van der Waals surface area (Å²) in [6.07, 6.45) is -0.173. The molecule has 0 spiro atoms. The predicted molar refractivity (Wildman–Crippen MR) is 76.4 cm³/mol. The Bertz CT molecular complexity index is 316. The van der Waals surface area contributed by atoms with Gasteiger partial charge in [0.05, 0.1) is 0 Å². The molecule has 1 aliphatic carbocycles. The maximum atomic E-state index is 11.8. The van der Waals surface area contributed by atoms with E-state index in [4.69, 9.17) is 5.73 Å². The van der Waals surface area contributed by atoms with Crippen LogP contribution in [0.2, 0.25) is 0 Å². The Morgan fingerprint density at radius 3 is 2.42 bits per heavy atom. The van der Waals surface area contributed by atoms with Gasteiger partial charge in [0.2, 0.25) is 5.91 Å². The molecule has 1 aliphatic rings. The van der Waals surface area contributed by atoms with Crippen molar-refractivity contribution in [3.8, 4) is 0 Å². The largest absolute Gasteiger partial charge is 0.405 e. The number of rotatable bonds is 4. The molecule has 0 aromatic carbocycles. The van der Waals surface area contributed by atoms with Gasteiger partial charge in [-0.2, -0.15) is 13.2 Å². The Hall–Kier alpha value is -0.740. The van der Waals surface area contributed by atoms with Gasteiger partial charge in [0, 0.05) is 6.04 Å². The molecule has 19 heavy (non-hydrogen) atoms. The molecule has 0 unspecified atom stereocenters. The third-order valence-electron chi connectivity index (χ3n) is 2.59. The molecule has 0 atom stereocenters. The lowest BCUT2D eigenvalue weighted by molar-refractivity contribution is -0.137. The summed E-state index contributed by atoms with van der Waals surface area (Å²) < 4.78 is 35.4. The number of amides is 1. The van der Waals surface area contributed by atoms with Crippen molar-refractivity contribution in [1.82, 2.24) is 10.6 Å². The van der Waals surface area contributed by atoms with Gasteiger partial charge in [-0.15, -0.1) is 24.0 Å². The van der Waals surface area contributed by atoms with Gasteiger partial charge in [0.15, 0.2) is 5.96 Å². The topological polar surface area (TPSA) is 79.5 Å². The molecule has 4 N–H and O–H groups in total. The molecular weight excluding hydrogens is 376 g/mol. The number of aliphatic imine (C=N–C) groups is 1. The van der Waals surface area contributed by atoms with E-state index in [9.17, 15) is 18.0 Å². The van der Waals surface area contributed by atoms with Gasteiger partial charge in [-0.3, -0.25) is 4.79 Å². The number of nitrogens with one attached hydrogen (secondary N) is 2. The van der Waals surface area contributed by atoms with Crippen LogP contribution in [0, 0.1) is 0 Å². The average Bonchev–Trinajstić information content (AvgIpc) is 2.75. The van der Waals surface area contributed by atoms with E-state index in [2.05, 4.69) is 10.3 Å². The molecule has 0 aliphatic heterocycles. The number of halogens is 4. The van der Waals surface area contributed by atoms with Crippen molar-refractivity contribution in [1.29, 1.82) is 0 Å². The molecule has 1 fully saturated rings. The summed E-state index contributed by atoms with van der Waals surface area (Å²) in [5.74, 6) is -0.701. The molecule has 1 amide bonds. The van der Waals surface area contributed by atoms with E-state index in [0.29, 0.717) is 0 Å². The summed E-state index contributed by atoms with van der Waals surface area (Å²) in [4.78, 5) is 14.7. The fourth-order valence-corrected chi connectivity index (χ4v) is 1.74. The van der Waals surface area contributed by atoms with Crippen molar-refractivity contribution in [3.05, 3.63) is 0 Å². The van der Waals surface area contributed by atoms with E-state index in [1.165, 1.54) is 0 Å². The van der Waals surface area contributed by atoms with E-state index in [0.717, 1.165) is 25.7 Å². The lowest BCUT2D eigenvalue weighted by atomic mass is 10.2. The van der Waals surface area contributed by atoms with E-state index in [-0.39, 0.29) is 36.0 Å². The van der Waals surface area contributed by atoms with E-state index in [1.807, 2.05) is 0 Å². The van der Waals surface area contributed by atoms with E-state index >= 15 is 0 Å². The highest BCUT2D eigenvalue weighted by Gasteiger charge is 2.27. The molecule has 112 valence electrons. The second kappa shape index (κ2) is 8.43. The van der Waals surface area contributed by atoms with Crippen molar-refractivity contribution < 1.29 is 18.0 Å². The average molecular weight is 394 g/mol. The van der Waals surface area contributed by atoms with Crippen LogP contribution in [0.3, 0.4) is 0 Å². The van der Waals surface area contributed by atoms with Crippen molar-refractivity contribution in [2.75, 3.05) is 13.1 Å². The number of hydrogen-bond acceptors (Lipinski definition) is 2. The third-order valence-corrected chi connectivity index (χ3v) is 2.59. The molecular formula is C10H18F3IN4O. The Balaban J connectivity index is 0.00000324. The molecule has 0 saturated heterocycles. The maximum absolute atomic E-state index is 11.8. The number of carbonyl (C=O) groups excluding carboxylic acids is 1. The first-order chi connectivity index (χ1) is 8.37. The van der Waals surface area contributed by atoms with Crippen LogP contribution in [-0.4, -0.2) is 37.2 Å². The molecule has 1 rings (SSSR count). The minimum absolute atomic E-state index is 0. The number of hydrogen-bond donors (Lipinski definition) is 3. The van der Waals surface area contributed by atoms with Crippen LogP contribution in [0.4, 0.5) is 13.2 Å². The van der Waals surface area contributed by atoms with Crippen LogP contribution in [0.15, 0.2) is 4.99 Å². The predicted octanol–water partition coefficient (Wildman–Crippen LogP) is 1.13. The van der Waals surface area contributed by atoms with E-state index in [1.54, 1.807) is 5.32 Å². The number of nitrogens with two attached hydrogens (primary N) is 1. The summed E-state index contributed by atoms with van der Waals surface area (Å²) in [6.45, 7) is -1.75. The number of guanidine groups is 1. The smallest absolute Gasteiger partial charge is 0.370 e. The van der Waals surface area contributed by atoms with Gasteiger partial charge in [0.1, 0.15) is 13.1 Å². The number of carbonyl (C=O) groups is 1. The molecule has 0 bridgehead atoms. The zero-order valence-electron chi connectivity index (χ0n) is 10.3. The fraction of sp³-hybridized carbons (Fsp3) is 0.800. The Morgan fingerprint density at radius 2 is 1.89 bits per heavy atom. The number of nitrogens with zero attached hydrogens (tertiary/aromatic N) is 1. The lowest BCUT2D eigenvalue weighted by Gasteiger charge is -2.12. The molecule has 0 heterocycles. The van der Waals surface area contributed by atoms with Crippen LogP contribution in [0.25, 0.3) is 0 Å². The van der Waals surface area contributed by atoms with Crippen LogP contribution in [-0.2, 0) is 4.79 Å². The van der Waals surface area contributed by atoms with Crippen LogP contribution >= 0.6 is 24.0 Å². The molecule has 5 nitrogen and oxygen atoms in total. The van der Waals surface area contributed by atoms with Gasteiger partial charge >= 0.3 is 6.18 Å². The lowest BCUT2D eigenvalue weighted by Crippen LogP contribution is -2.40. The standard InChI is InChI=1S/C10H17F3N4O.HI/c11-10(12,13)6-16-8(18)5-15-9(14)17-7-3-1-2-4-7;/h7H,1-6H2,(H,16,18)(H3,14,15,17);1H. The quantitative estimate of drug-likeness (QED) is 0.380. The second-order valence-electron chi connectivity index (χ2n) is 4.22. The molecule has 9 heteroatoms. The van der Waals surface area contributed by atoms with Crippen molar-refractivity contribution in [2.24, 2.45) is 10.7 Å². The normalized spacial score (nSPS) is 16.9. The van der Waals surface area contributed by atoms with Gasteiger partial charge in [-0.05, 0) is 12.8 Å². The molecule has 0 aromatic rings. The maximum Gasteiger partial charge on any atom is 0.405 e. The summed E-state index contributed by atoms with van der Waals surface area (Å²) >= 11 is 0. The zero-order valence-corrected chi connectivity index (χ0v) is 12.6. The highest BCUT2D eigenvalue weighted by atomic mass is 127. The highest BCUT2D eigenvalue weighted by Crippen LogP contribution is 2.17. The van der Waals surface area contributed by atoms with Gasteiger partial charge in [-0.1, -0.05) is 12.8 Å². The van der Waals surface area contributed by atoms with Gasteiger partial charge < -0.3 is 16.4 Å². The Morgan fingerprint density at radius 1 is 1.32 bits per heavy atom. The second-order valence-corrected chi connectivity index (χ2v) is 4.22. The molecule has 1 saturated carbocycles. The van der Waals surface area contributed by atoms with Crippen LogP contribution < -0.4 is 16.4 Å². The SMILES string of the molecule is I.NC(=NCC(=O)NCC(F)(F)F)NC1CCCC1. The monoisotopic (exact) mass is 394 g/mol. The first kappa shape index (κ1) is 18.3. The van der Waals surface area contributed by atoms with Crippen LogP contribution in [0.5, 0.6) is 0 Å². The Labute approximate surface area is 126 Å².